The molecule has 0 unspecified atom stereocenters. The Bertz CT molecular complexity index is 794. The fraction of sp³-hybridized carbons (Fsp3) is 0.619. The van der Waals surface area contributed by atoms with E-state index < -0.39 is 9.84 Å². The summed E-state index contributed by atoms with van der Waals surface area (Å²) in [6.45, 7) is 1.90. The van der Waals surface area contributed by atoms with Crippen LogP contribution in [0.25, 0.3) is 0 Å². The summed E-state index contributed by atoms with van der Waals surface area (Å²) in [5.41, 5.74) is 1.48. The third kappa shape index (κ3) is 5.56. The monoisotopic (exact) mass is 406 g/mol. The zero-order valence-corrected chi connectivity index (χ0v) is 17.2. The van der Waals surface area contributed by atoms with Crippen LogP contribution in [0.15, 0.2) is 24.3 Å². The van der Waals surface area contributed by atoms with E-state index in [-0.39, 0.29) is 29.2 Å². The van der Waals surface area contributed by atoms with E-state index in [9.17, 15) is 18.0 Å². The van der Waals surface area contributed by atoms with Crippen molar-refractivity contribution in [3.8, 4) is 0 Å². The van der Waals surface area contributed by atoms with Crippen LogP contribution >= 0.6 is 0 Å². The lowest BCUT2D eigenvalue weighted by Crippen LogP contribution is -2.35. The van der Waals surface area contributed by atoms with Crippen molar-refractivity contribution in [3.05, 3.63) is 35.4 Å². The van der Waals surface area contributed by atoms with Crippen molar-refractivity contribution in [2.75, 3.05) is 18.8 Å². The second kappa shape index (κ2) is 9.54. The second-order valence-electron chi connectivity index (χ2n) is 7.85. The van der Waals surface area contributed by atoms with E-state index in [2.05, 4.69) is 5.32 Å². The lowest BCUT2D eigenvalue weighted by atomic mass is 10.1. The van der Waals surface area contributed by atoms with Gasteiger partial charge in [-0.15, -0.1) is 0 Å². The molecule has 1 saturated heterocycles. The van der Waals surface area contributed by atoms with Crippen LogP contribution in [0.5, 0.6) is 0 Å². The topological polar surface area (TPSA) is 83.5 Å². The Labute approximate surface area is 167 Å². The lowest BCUT2D eigenvalue weighted by Gasteiger charge is -2.26. The first kappa shape index (κ1) is 20.8. The molecule has 1 aliphatic carbocycles. The van der Waals surface area contributed by atoms with E-state index in [1.807, 2.05) is 23.1 Å². The van der Waals surface area contributed by atoms with Gasteiger partial charge < -0.3 is 10.2 Å². The molecule has 7 heteroatoms. The number of rotatable bonds is 7. The largest absolute Gasteiger partial charge is 0.352 e. The number of hydrogen-bond acceptors (Lipinski definition) is 4. The van der Waals surface area contributed by atoms with E-state index in [4.69, 9.17) is 0 Å². The predicted octanol–water partition coefficient (Wildman–Crippen LogP) is 2.68. The molecule has 0 spiro atoms. The third-order valence-corrected chi connectivity index (χ3v) is 7.99. The van der Waals surface area contributed by atoms with Crippen LogP contribution in [0, 0.1) is 0 Å². The molecule has 28 heavy (non-hydrogen) atoms. The molecule has 1 N–H and O–H groups in total. The number of nitrogens with zero attached hydrogens (tertiary/aromatic N) is 1. The van der Waals surface area contributed by atoms with E-state index >= 15 is 0 Å². The van der Waals surface area contributed by atoms with Gasteiger partial charge in [-0.3, -0.25) is 9.59 Å². The number of nitrogens with one attached hydrogen (secondary N) is 1. The lowest BCUT2D eigenvalue weighted by molar-refractivity contribution is -0.120. The van der Waals surface area contributed by atoms with Gasteiger partial charge in [-0.05, 0) is 49.8 Å². The summed E-state index contributed by atoms with van der Waals surface area (Å²) in [5, 5.41) is 2.51. The van der Waals surface area contributed by atoms with Gasteiger partial charge in [-0.2, -0.15) is 0 Å². The van der Waals surface area contributed by atoms with Gasteiger partial charge in [-0.1, -0.05) is 25.0 Å². The van der Waals surface area contributed by atoms with Crippen molar-refractivity contribution < 1.29 is 18.0 Å². The summed E-state index contributed by atoms with van der Waals surface area (Å²) in [6.07, 6.45) is 6.63. The third-order valence-electron chi connectivity index (χ3n) is 5.73. The maximum Gasteiger partial charge on any atom is 0.253 e. The Balaban J connectivity index is 1.48. The van der Waals surface area contributed by atoms with Gasteiger partial charge in [0.1, 0.15) is 0 Å². The molecular weight excluding hydrogens is 376 g/mol. The van der Waals surface area contributed by atoms with Crippen LogP contribution in [0.1, 0.15) is 67.3 Å². The highest BCUT2D eigenvalue weighted by molar-refractivity contribution is 7.92. The Morgan fingerprint density at radius 3 is 2.46 bits per heavy atom. The summed E-state index contributed by atoms with van der Waals surface area (Å²) >= 11 is 0. The quantitative estimate of drug-likeness (QED) is 0.755. The molecule has 2 aliphatic rings. The summed E-state index contributed by atoms with van der Waals surface area (Å²) in [7, 11) is -3.18. The second-order valence-corrected chi connectivity index (χ2v) is 10.3. The molecule has 0 atom stereocenters. The minimum atomic E-state index is -3.18. The van der Waals surface area contributed by atoms with E-state index in [1.165, 1.54) is 6.42 Å². The first-order valence-electron chi connectivity index (χ1n) is 10.3. The van der Waals surface area contributed by atoms with Crippen molar-refractivity contribution in [1.29, 1.82) is 0 Å². The van der Waals surface area contributed by atoms with Crippen LogP contribution < -0.4 is 5.32 Å². The molecule has 0 radical (unpaired) electrons. The van der Waals surface area contributed by atoms with Crippen molar-refractivity contribution in [2.24, 2.45) is 0 Å². The number of sulfone groups is 1. The fourth-order valence-corrected chi connectivity index (χ4v) is 5.89. The van der Waals surface area contributed by atoms with Gasteiger partial charge in [0, 0.05) is 31.6 Å². The van der Waals surface area contributed by atoms with E-state index in [0.717, 1.165) is 57.2 Å². The summed E-state index contributed by atoms with van der Waals surface area (Å²) in [4.78, 5) is 26.6. The molecule has 2 amide bonds. The van der Waals surface area contributed by atoms with Crippen molar-refractivity contribution in [3.63, 3.8) is 0 Å². The maximum absolute atomic E-state index is 12.6. The Morgan fingerprint density at radius 2 is 1.75 bits per heavy atom. The summed E-state index contributed by atoms with van der Waals surface area (Å²) in [6, 6.07) is 7.30. The normalized spacial score (nSPS) is 18.2. The average molecular weight is 407 g/mol. The summed E-state index contributed by atoms with van der Waals surface area (Å²) < 4.78 is 24.5. The first-order valence-corrected chi connectivity index (χ1v) is 12.0. The zero-order valence-electron chi connectivity index (χ0n) is 16.4. The number of hydrogen-bond donors (Lipinski definition) is 1. The molecule has 1 saturated carbocycles. The number of benzene rings is 1. The Kier molecular flexibility index (Phi) is 7.10. The molecule has 0 aromatic heterocycles. The van der Waals surface area contributed by atoms with Gasteiger partial charge in [0.05, 0.1) is 11.0 Å². The molecule has 1 aromatic rings. The van der Waals surface area contributed by atoms with Gasteiger partial charge in [0.25, 0.3) is 5.91 Å². The number of carbonyl (C=O) groups excluding carboxylic acids is 2. The molecule has 1 aliphatic heterocycles. The van der Waals surface area contributed by atoms with Crippen LogP contribution in [0.2, 0.25) is 0 Å². The minimum absolute atomic E-state index is 0.00870. The van der Waals surface area contributed by atoms with Gasteiger partial charge >= 0.3 is 0 Å². The van der Waals surface area contributed by atoms with Gasteiger partial charge in [-0.25, -0.2) is 8.42 Å². The van der Waals surface area contributed by atoms with Crippen molar-refractivity contribution in [2.45, 2.75) is 63.2 Å². The van der Waals surface area contributed by atoms with Gasteiger partial charge in [0.15, 0.2) is 9.84 Å². The molecule has 1 aromatic carbocycles. The van der Waals surface area contributed by atoms with Crippen LogP contribution in [-0.4, -0.2) is 49.2 Å². The predicted molar refractivity (Wildman–Crippen MR) is 109 cm³/mol. The standard InChI is InChI=1S/C21H30N2O4S/c24-20(11-14-28(26,27)19-9-2-3-10-19)22-16-17-7-6-8-18(15-17)21(25)23-12-4-1-5-13-23/h6-8,15,19H,1-5,9-14,16H2,(H,22,24). The molecule has 1 heterocycles. The molecule has 154 valence electrons. The van der Waals surface area contributed by atoms with E-state index in [1.54, 1.807) is 6.07 Å². The van der Waals surface area contributed by atoms with Crippen molar-refractivity contribution in [1.82, 2.24) is 10.2 Å². The van der Waals surface area contributed by atoms with Crippen molar-refractivity contribution >= 4 is 21.7 Å². The highest BCUT2D eigenvalue weighted by Crippen LogP contribution is 2.25. The average Bonchev–Trinajstić information content (AvgIpc) is 3.27. The number of amides is 2. The smallest absolute Gasteiger partial charge is 0.253 e. The van der Waals surface area contributed by atoms with Crippen LogP contribution in [-0.2, 0) is 21.2 Å². The zero-order chi connectivity index (χ0) is 20.0. The molecule has 2 fully saturated rings. The Morgan fingerprint density at radius 1 is 1.04 bits per heavy atom. The molecule has 3 rings (SSSR count). The van der Waals surface area contributed by atoms with E-state index in [0.29, 0.717) is 12.1 Å². The Hall–Kier alpha value is -1.89. The SMILES string of the molecule is O=C(CCS(=O)(=O)C1CCCC1)NCc1cccc(C(=O)N2CCCCC2)c1. The molecule has 0 bridgehead atoms. The first-order chi connectivity index (χ1) is 13.5. The highest BCUT2D eigenvalue weighted by Gasteiger charge is 2.28. The van der Waals surface area contributed by atoms with Gasteiger partial charge in [0.2, 0.25) is 5.91 Å². The van der Waals surface area contributed by atoms with Crippen LogP contribution in [0.4, 0.5) is 0 Å². The maximum atomic E-state index is 12.6. The van der Waals surface area contributed by atoms with Crippen LogP contribution in [0.3, 0.4) is 0 Å². The highest BCUT2D eigenvalue weighted by atomic mass is 32.2. The fourth-order valence-electron chi connectivity index (χ4n) is 4.03. The number of piperidine rings is 1. The minimum Gasteiger partial charge on any atom is -0.352 e. The molecular formula is C21H30N2O4S. The number of carbonyl (C=O) groups is 2. The molecule has 6 nitrogen and oxygen atoms in total. The summed E-state index contributed by atoms with van der Waals surface area (Å²) in [5.74, 6) is -0.318. The number of likely N-dealkylation sites (tertiary alicyclic amines) is 1.